The topological polar surface area (TPSA) is 129 Å². The summed E-state index contributed by atoms with van der Waals surface area (Å²) in [4.78, 5) is 37.1. The lowest BCUT2D eigenvalue weighted by atomic mass is 10.1. The zero-order chi connectivity index (χ0) is 23.5. The van der Waals surface area contributed by atoms with Gasteiger partial charge in [0.1, 0.15) is 10.8 Å². The van der Waals surface area contributed by atoms with E-state index in [1.54, 1.807) is 13.8 Å². The maximum Gasteiger partial charge on any atom is 0.341 e. The molecule has 3 N–H and O–H groups in total. The van der Waals surface area contributed by atoms with Crippen molar-refractivity contribution in [1.82, 2.24) is 14.8 Å². The Bertz CT molecular complexity index is 1200. The number of nitrogens with zero attached hydrogens (tertiary/aromatic N) is 3. The molecule has 0 unspecified atom stereocenters. The summed E-state index contributed by atoms with van der Waals surface area (Å²) in [5.41, 5.74) is 6.91. The number of carbonyl (C=O) groups excluding carboxylic acids is 3. The molecule has 1 aliphatic rings. The second-order valence-electron chi connectivity index (χ2n) is 7.47. The summed E-state index contributed by atoms with van der Waals surface area (Å²) in [6, 6.07) is 9.78. The maximum absolute atomic E-state index is 12.8. The number of aromatic nitrogens is 3. The van der Waals surface area contributed by atoms with Gasteiger partial charge in [-0.25, -0.2) is 4.79 Å². The second kappa shape index (κ2) is 9.75. The number of ether oxygens (including phenoxy) is 1. The molecule has 33 heavy (non-hydrogen) atoms. The van der Waals surface area contributed by atoms with Crippen LogP contribution in [0.3, 0.4) is 0 Å². The Morgan fingerprint density at radius 3 is 2.61 bits per heavy atom. The highest BCUT2D eigenvalue weighted by molar-refractivity contribution is 7.99. The van der Waals surface area contributed by atoms with Crippen LogP contribution in [0.5, 0.6) is 0 Å². The van der Waals surface area contributed by atoms with E-state index < -0.39 is 11.9 Å². The average molecular weight is 486 g/mol. The first-order valence-corrected chi connectivity index (χ1v) is 12.2. The molecule has 2 aromatic heterocycles. The normalized spacial score (nSPS) is 13.0. The first kappa shape index (κ1) is 23.0. The van der Waals surface area contributed by atoms with Gasteiger partial charge in [-0.05, 0) is 44.4 Å². The lowest BCUT2D eigenvalue weighted by molar-refractivity contribution is -0.113. The summed E-state index contributed by atoms with van der Waals surface area (Å²) in [7, 11) is 0. The number of rotatable bonds is 9. The van der Waals surface area contributed by atoms with Crippen molar-refractivity contribution < 1.29 is 19.1 Å². The molecule has 1 saturated carbocycles. The van der Waals surface area contributed by atoms with Crippen LogP contribution >= 0.6 is 23.1 Å². The van der Waals surface area contributed by atoms with E-state index in [2.05, 4.69) is 15.5 Å². The van der Waals surface area contributed by atoms with E-state index in [0.29, 0.717) is 16.6 Å². The number of benzene rings is 1. The molecule has 9 nitrogen and oxygen atoms in total. The smallest absolute Gasteiger partial charge is 0.341 e. The number of nitrogens with two attached hydrogens (primary N) is 1. The van der Waals surface area contributed by atoms with Gasteiger partial charge in [-0.3, -0.25) is 14.2 Å². The van der Waals surface area contributed by atoms with Gasteiger partial charge < -0.3 is 15.8 Å². The van der Waals surface area contributed by atoms with Crippen molar-refractivity contribution in [3.05, 3.63) is 52.2 Å². The second-order valence-corrected chi connectivity index (χ2v) is 9.43. The zero-order valence-corrected chi connectivity index (χ0v) is 19.8. The molecule has 3 aromatic rings. The van der Waals surface area contributed by atoms with Gasteiger partial charge in [0.25, 0.3) is 5.91 Å². The molecular weight excluding hydrogens is 462 g/mol. The highest BCUT2D eigenvalue weighted by atomic mass is 32.2. The van der Waals surface area contributed by atoms with E-state index in [4.69, 9.17) is 10.5 Å². The highest BCUT2D eigenvalue weighted by Crippen LogP contribution is 2.41. The summed E-state index contributed by atoms with van der Waals surface area (Å²) in [5.74, 6) is -0.302. The third-order valence-electron chi connectivity index (χ3n) is 5.05. The van der Waals surface area contributed by atoms with Gasteiger partial charge in [0.05, 0.1) is 22.8 Å². The van der Waals surface area contributed by atoms with Crippen LogP contribution in [-0.2, 0) is 9.53 Å². The summed E-state index contributed by atoms with van der Waals surface area (Å²) in [6.45, 7) is 3.46. The van der Waals surface area contributed by atoms with Crippen molar-refractivity contribution in [1.29, 1.82) is 0 Å². The molecule has 0 bridgehead atoms. The first-order chi connectivity index (χ1) is 15.9. The lowest BCUT2D eigenvalue weighted by Gasteiger charge is -2.10. The van der Waals surface area contributed by atoms with Gasteiger partial charge in [0.15, 0.2) is 5.16 Å². The highest BCUT2D eigenvalue weighted by Gasteiger charge is 2.31. The largest absolute Gasteiger partial charge is 0.462 e. The summed E-state index contributed by atoms with van der Waals surface area (Å²) >= 11 is 2.22. The predicted molar refractivity (Wildman–Crippen MR) is 126 cm³/mol. The molecule has 2 amide bonds. The van der Waals surface area contributed by atoms with E-state index in [0.717, 1.165) is 35.7 Å². The van der Waals surface area contributed by atoms with E-state index in [1.807, 2.05) is 34.9 Å². The molecule has 2 heterocycles. The van der Waals surface area contributed by atoms with Crippen molar-refractivity contribution in [2.75, 3.05) is 17.7 Å². The Kier molecular flexibility index (Phi) is 6.80. The fourth-order valence-electron chi connectivity index (χ4n) is 3.38. The summed E-state index contributed by atoms with van der Waals surface area (Å²) < 4.78 is 7.07. The Morgan fingerprint density at radius 1 is 1.24 bits per heavy atom. The number of primary amides is 1. The van der Waals surface area contributed by atoms with Gasteiger partial charge in [0, 0.05) is 11.6 Å². The average Bonchev–Trinajstić information content (AvgIpc) is 3.46. The first-order valence-electron chi connectivity index (χ1n) is 10.4. The molecule has 1 fully saturated rings. The van der Waals surface area contributed by atoms with Gasteiger partial charge >= 0.3 is 5.97 Å². The van der Waals surface area contributed by atoms with Crippen molar-refractivity contribution >= 4 is 45.9 Å². The molecule has 4 rings (SSSR count). The minimum absolute atomic E-state index is 0.0424. The van der Waals surface area contributed by atoms with Crippen LogP contribution < -0.4 is 11.1 Å². The fraction of sp³-hybridized carbons (Fsp3) is 0.318. The van der Waals surface area contributed by atoms with E-state index >= 15 is 0 Å². The number of hydrogen-bond donors (Lipinski definition) is 2. The monoisotopic (exact) mass is 485 g/mol. The Balaban J connectivity index is 1.53. The third-order valence-corrected chi connectivity index (χ3v) is 7.20. The number of thiophene rings is 1. The van der Waals surface area contributed by atoms with E-state index in [9.17, 15) is 14.4 Å². The number of hydrogen-bond acceptors (Lipinski definition) is 8. The Morgan fingerprint density at radius 2 is 1.97 bits per heavy atom. The maximum atomic E-state index is 12.8. The Labute approximate surface area is 198 Å². The molecule has 172 valence electrons. The lowest BCUT2D eigenvalue weighted by Crippen LogP contribution is -2.17. The zero-order valence-electron chi connectivity index (χ0n) is 18.2. The standard InChI is InChI=1S/C22H23N5O4S2/c1-3-31-21(30)16-12(2)17(18(23)29)33-20(16)24-15(28)11-32-22-26-25-19(13-9-10-13)27(22)14-7-5-4-6-8-14/h4-8,13H,3,9-11H2,1-2H3,(H2,23,29)(H,24,28). The van der Waals surface area contributed by atoms with E-state index in [-0.39, 0.29) is 33.7 Å². The van der Waals surface area contributed by atoms with Crippen LogP contribution in [0.2, 0.25) is 0 Å². The molecule has 0 aliphatic heterocycles. The molecular formula is C22H23N5O4S2. The molecule has 11 heteroatoms. The van der Waals surface area contributed by atoms with Crippen LogP contribution in [0.15, 0.2) is 35.5 Å². The number of esters is 1. The fourth-order valence-corrected chi connectivity index (χ4v) is 5.20. The van der Waals surface area contributed by atoms with Gasteiger partial charge in [-0.2, -0.15) is 0 Å². The number of thioether (sulfide) groups is 1. The van der Waals surface area contributed by atoms with Crippen LogP contribution in [0.1, 0.15) is 57.1 Å². The minimum Gasteiger partial charge on any atom is -0.462 e. The quantitative estimate of drug-likeness (QED) is 0.350. The van der Waals surface area contributed by atoms with Crippen LogP contribution in [0, 0.1) is 6.92 Å². The summed E-state index contributed by atoms with van der Waals surface area (Å²) in [5, 5.41) is 12.3. The van der Waals surface area contributed by atoms with E-state index in [1.165, 1.54) is 11.8 Å². The number of nitrogens with one attached hydrogen (secondary N) is 1. The van der Waals surface area contributed by atoms with Crippen molar-refractivity contribution in [3.8, 4) is 5.69 Å². The van der Waals surface area contributed by atoms with Crippen molar-refractivity contribution in [2.24, 2.45) is 5.73 Å². The van der Waals surface area contributed by atoms with Crippen molar-refractivity contribution in [2.45, 2.75) is 37.8 Å². The molecule has 0 spiro atoms. The summed E-state index contributed by atoms with van der Waals surface area (Å²) in [6.07, 6.45) is 2.15. The van der Waals surface area contributed by atoms with Crippen LogP contribution in [0.4, 0.5) is 5.00 Å². The van der Waals surface area contributed by atoms with Crippen molar-refractivity contribution in [3.63, 3.8) is 0 Å². The van der Waals surface area contributed by atoms with Crippen LogP contribution in [0.25, 0.3) is 5.69 Å². The molecule has 1 aromatic carbocycles. The SMILES string of the molecule is CCOC(=O)c1c(NC(=O)CSc2nnc(C3CC3)n2-c2ccccc2)sc(C(N)=O)c1C. The number of anilines is 1. The number of amides is 2. The number of carbonyl (C=O) groups is 3. The molecule has 0 atom stereocenters. The predicted octanol–water partition coefficient (Wildman–Crippen LogP) is 3.52. The molecule has 0 radical (unpaired) electrons. The van der Waals surface area contributed by atoms with Gasteiger partial charge in [0.2, 0.25) is 5.91 Å². The molecule has 1 aliphatic carbocycles. The van der Waals surface area contributed by atoms with Crippen LogP contribution in [-0.4, -0.2) is 44.9 Å². The number of para-hydroxylation sites is 1. The Hall–Kier alpha value is -3.18. The minimum atomic E-state index is -0.665. The van der Waals surface area contributed by atoms with Gasteiger partial charge in [-0.1, -0.05) is 30.0 Å². The molecule has 0 saturated heterocycles. The third kappa shape index (κ3) is 4.93. The van der Waals surface area contributed by atoms with Gasteiger partial charge in [-0.15, -0.1) is 21.5 Å².